The lowest BCUT2D eigenvalue weighted by molar-refractivity contribution is 0.113. The Morgan fingerprint density at radius 2 is 2.12 bits per heavy atom. The van der Waals surface area contributed by atoms with Crippen LogP contribution in [0.2, 0.25) is 5.02 Å². The van der Waals surface area contributed by atoms with Gasteiger partial charge in [0.2, 0.25) is 0 Å². The van der Waals surface area contributed by atoms with E-state index in [4.69, 9.17) is 22.1 Å². The highest BCUT2D eigenvalue weighted by Crippen LogP contribution is 2.25. The van der Waals surface area contributed by atoms with Crippen molar-refractivity contribution in [1.29, 1.82) is 0 Å². The van der Waals surface area contributed by atoms with Crippen LogP contribution in [0.15, 0.2) is 18.2 Å². The van der Waals surface area contributed by atoms with Crippen molar-refractivity contribution in [2.45, 2.75) is 25.5 Å². The molecule has 1 fully saturated rings. The summed E-state index contributed by atoms with van der Waals surface area (Å²) in [6, 6.07) is 5.65. The van der Waals surface area contributed by atoms with E-state index in [1.54, 1.807) is 0 Å². The minimum atomic E-state index is 0.303. The highest BCUT2D eigenvalue weighted by atomic mass is 35.5. The van der Waals surface area contributed by atoms with Crippen LogP contribution in [-0.4, -0.2) is 31.1 Å². The van der Waals surface area contributed by atoms with Gasteiger partial charge in [0.1, 0.15) is 11.9 Å². The van der Waals surface area contributed by atoms with E-state index in [1.807, 2.05) is 18.2 Å². The Kier molecular flexibility index (Phi) is 4.26. The second kappa shape index (κ2) is 5.71. The van der Waals surface area contributed by atoms with Crippen molar-refractivity contribution in [3.8, 4) is 5.75 Å². The zero-order valence-corrected chi connectivity index (χ0v) is 10.9. The number of piperidine rings is 1. The highest BCUT2D eigenvalue weighted by Gasteiger charge is 2.18. The number of ether oxygens (including phenoxy) is 1. The molecule has 0 aromatic heterocycles. The van der Waals surface area contributed by atoms with E-state index < -0.39 is 0 Å². The molecule has 1 saturated heterocycles. The average molecular weight is 255 g/mol. The van der Waals surface area contributed by atoms with E-state index in [9.17, 15) is 0 Å². The van der Waals surface area contributed by atoms with Crippen LogP contribution in [0.3, 0.4) is 0 Å². The largest absolute Gasteiger partial charge is 0.490 e. The zero-order valence-electron chi connectivity index (χ0n) is 10.2. The summed E-state index contributed by atoms with van der Waals surface area (Å²) in [5.74, 6) is 0.881. The van der Waals surface area contributed by atoms with Gasteiger partial charge >= 0.3 is 0 Å². The molecule has 4 heteroatoms. The summed E-state index contributed by atoms with van der Waals surface area (Å²) in [5, 5.41) is 0.709. The molecular weight excluding hydrogens is 236 g/mol. The Morgan fingerprint density at radius 3 is 2.76 bits per heavy atom. The molecule has 2 N–H and O–H groups in total. The van der Waals surface area contributed by atoms with Gasteiger partial charge in [0, 0.05) is 30.2 Å². The first-order chi connectivity index (χ1) is 8.19. The predicted molar refractivity (Wildman–Crippen MR) is 70.5 cm³/mol. The number of rotatable bonds is 3. The first-order valence-corrected chi connectivity index (χ1v) is 6.40. The molecule has 0 saturated carbocycles. The summed E-state index contributed by atoms with van der Waals surface area (Å²) in [6.45, 7) is 2.65. The third-order valence-corrected chi connectivity index (χ3v) is 3.44. The molecule has 0 amide bonds. The number of halogens is 1. The van der Waals surface area contributed by atoms with Crippen molar-refractivity contribution >= 4 is 11.6 Å². The lowest BCUT2D eigenvalue weighted by Crippen LogP contribution is -2.35. The Bertz CT molecular complexity index is 376. The average Bonchev–Trinajstić information content (AvgIpc) is 2.34. The number of nitrogens with zero attached hydrogens (tertiary/aromatic N) is 1. The summed E-state index contributed by atoms with van der Waals surface area (Å²) in [7, 11) is 2.14. The Balaban J connectivity index is 2.03. The fraction of sp³-hybridized carbons (Fsp3) is 0.538. The lowest BCUT2D eigenvalue weighted by atomic mass is 10.1. The third kappa shape index (κ3) is 3.35. The standard InChI is InChI=1S/C13H19ClN2O/c1-16-6-4-12(5-7-16)17-13-3-2-11(14)8-10(13)9-15/h2-3,8,12H,4-7,9,15H2,1H3. The number of benzene rings is 1. The number of hydrogen-bond acceptors (Lipinski definition) is 3. The van der Waals surface area contributed by atoms with Gasteiger partial charge in [-0.1, -0.05) is 11.6 Å². The molecule has 0 unspecified atom stereocenters. The molecule has 1 heterocycles. The summed E-state index contributed by atoms with van der Waals surface area (Å²) in [4.78, 5) is 2.32. The molecule has 0 spiro atoms. The third-order valence-electron chi connectivity index (χ3n) is 3.20. The molecule has 1 aromatic carbocycles. The van der Waals surface area contributed by atoms with Crippen molar-refractivity contribution in [3.63, 3.8) is 0 Å². The van der Waals surface area contributed by atoms with E-state index in [1.165, 1.54) is 0 Å². The van der Waals surface area contributed by atoms with Crippen LogP contribution >= 0.6 is 11.6 Å². The predicted octanol–water partition coefficient (Wildman–Crippen LogP) is 2.27. The lowest BCUT2D eigenvalue weighted by Gasteiger charge is -2.29. The molecule has 94 valence electrons. The van der Waals surface area contributed by atoms with Crippen LogP contribution in [0, 0.1) is 0 Å². The second-order valence-electron chi connectivity index (χ2n) is 4.58. The van der Waals surface area contributed by atoms with Gasteiger partial charge in [-0.15, -0.1) is 0 Å². The summed E-state index contributed by atoms with van der Waals surface area (Å²) in [5.41, 5.74) is 6.68. The van der Waals surface area contributed by atoms with Gasteiger partial charge < -0.3 is 15.4 Å². The monoisotopic (exact) mass is 254 g/mol. The highest BCUT2D eigenvalue weighted by molar-refractivity contribution is 6.30. The molecule has 0 bridgehead atoms. The molecule has 0 atom stereocenters. The Hall–Kier alpha value is -0.770. The minimum absolute atomic E-state index is 0.303. The summed E-state index contributed by atoms with van der Waals surface area (Å²) >= 11 is 5.94. The van der Waals surface area contributed by atoms with Crippen LogP contribution in [0.4, 0.5) is 0 Å². The van der Waals surface area contributed by atoms with Crippen LogP contribution in [0.5, 0.6) is 5.75 Å². The van der Waals surface area contributed by atoms with Crippen molar-refractivity contribution < 1.29 is 4.74 Å². The zero-order chi connectivity index (χ0) is 12.3. The van der Waals surface area contributed by atoms with Gasteiger partial charge in [0.05, 0.1) is 0 Å². The van der Waals surface area contributed by atoms with Gasteiger partial charge in [-0.3, -0.25) is 0 Å². The molecule has 1 aliphatic rings. The first-order valence-electron chi connectivity index (χ1n) is 6.02. The van der Waals surface area contributed by atoms with Gasteiger partial charge in [0.15, 0.2) is 0 Å². The van der Waals surface area contributed by atoms with Crippen molar-refractivity contribution in [1.82, 2.24) is 4.90 Å². The maximum Gasteiger partial charge on any atom is 0.124 e. The maximum absolute atomic E-state index is 6.02. The van der Waals surface area contributed by atoms with E-state index in [0.29, 0.717) is 17.7 Å². The molecule has 2 rings (SSSR count). The van der Waals surface area contributed by atoms with Crippen molar-refractivity contribution in [2.24, 2.45) is 5.73 Å². The maximum atomic E-state index is 6.02. The number of likely N-dealkylation sites (tertiary alicyclic amines) is 1. The van der Waals surface area contributed by atoms with Crippen molar-refractivity contribution in [3.05, 3.63) is 28.8 Å². The first kappa shape index (κ1) is 12.7. The van der Waals surface area contributed by atoms with Crippen LogP contribution in [0.1, 0.15) is 18.4 Å². The van der Waals surface area contributed by atoms with Gasteiger partial charge in [-0.2, -0.15) is 0 Å². The molecular formula is C13H19ClN2O. The molecule has 1 aliphatic heterocycles. The van der Waals surface area contributed by atoms with E-state index >= 15 is 0 Å². The van der Waals surface area contributed by atoms with Gasteiger partial charge in [-0.25, -0.2) is 0 Å². The Morgan fingerprint density at radius 1 is 1.41 bits per heavy atom. The van der Waals surface area contributed by atoms with Crippen LogP contribution < -0.4 is 10.5 Å². The van der Waals surface area contributed by atoms with E-state index in [2.05, 4.69) is 11.9 Å². The molecule has 0 aliphatic carbocycles. The van der Waals surface area contributed by atoms with Crippen molar-refractivity contribution in [2.75, 3.05) is 20.1 Å². The second-order valence-corrected chi connectivity index (χ2v) is 5.01. The molecule has 1 aromatic rings. The normalized spacial score (nSPS) is 18.3. The van der Waals surface area contributed by atoms with Crippen LogP contribution in [0.25, 0.3) is 0 Å². The molecule has 0 radical (unpaired) electrons. The topological polar surface area (TPSA) is 38.5 Å². The van der Waals surface area contributed by atoms with Gasteiger partial charge in [-0.05, 0) is 38.1 Å². The SMILES string of the molecule is CN1CCC(Oc2ccc(Cl)cc2CN)CC1. The quantitative estimate of drug-likeness (QED) is 0.899. The van der Waals surface area contributed by atoms with E-state index in [-0.39, 0.29) is 0 Å². The molecule has 3 nitrogen and oxygen atoms in total. The number of hydrogen-bond donors (Lipinski definition) is 1. The smallest absolute Gasteiger partial charge is 0.124 e. The fourth-order valence-corrected chi connectivity index (χ4v) is 2.30. The summed E-state index contributed by atoms with van der Waals surface area (Å²) < 4.78 is 6.02. The summed E-state index contributed by atoms with van der Waals surface area (Å²) in [6.07, 6.45) is 2.45. The van der Waals surface area contributed by atoms with E-state index in [0.717, 1.165) is 37.2 Å². The molecule has 17 heavy (non-hydrogen) atoms. The minimum Gasteiger partial charge on any atom is -0.490 e. The Labute approximate surface area is 107 Å². The number of nitrogens with two attached hydrogens (primary N) is 1. The van der Waals surface area contributed by atoms with Crippen LogP contribution in [-0.2, 0) is 6.54 Å². The van der Waals surface area contributed by atoms with Gasteiger partial charge in [0.25, 0.3) is 0 Å². The fourth-order valence-electron chi connectivity index (χ4n) is 2.10.